The number of nitrogens with one attached hydrogen (secondary N) is 1. The van der Waals surface area contributed by atoms with Gasteiger partial charge in [0.15, 0.2) is 6.10 Å². The molecule has 0 aromatic heterocycles. The van der Waals surface area contributed by atoms with Crippen LogP contribution < -0.4 is 19.5 Å². The number of rotatable bonds is 7. The smallest absolute Gasteiger partial charge is 0.265 e. The minimum absolute atomic E-state index is 0.329. The van der Waals surface area contributed by atoms with Gasteiger partial charge in [-0.1, -0.05) is 42.3 Å². The number of benzene rings is 2. The summed E-state index contributed by atoms with van der Waals surface area (Å²) in [7, 11) is 2.99. The summed E-state index contributed by atoms with van der Waals surface area (Å²) in [6, 6.07) is 10.2. The molecule has 0 saturated heterocycles. The third-order valence-electron chi connectivity index (χ3n) is 3.50. The zero-order valence-corrected chi connectivity index (χ0v) is 15.6. The van der Waals surface area contributed by atoms with Crippen molar-refractivity contribution >= 4 is 34.8 Å². The van der Waals surface area contributed by atoms with Crippen molar-refractivity contribution in [2.24, 2.45) is 0 Å². The van der Waals surface area contributed by atoms with E-state index in [0.29, 0.717) is 39.4 Å². The standard InChI is InChI=1S/C18H19Cl2NO4/c1-4-14(25-15-8-6-5-7-11(15)19)18(22)21-13-10-16(23-2)12(20)9-17(13)24-3/h5-10,14H,4H2,1-3H3,(H,21,22)/t14-/m0/s1. The van der Waals surface area contributed by atoms with Crippen molar-refractivity contribution in [1.29, 1.82) is 0 Å². The Morgan fingerprint density at radius 1 is 1.04 bits per heavy atom. The van der Waals surface area contributed by atoms with Gasteiger partial charge < -0.3 is 19.5 Å². The van der Waals surface area contributed by atoms with E-state index >= 15 is 0 Å². The summed E-state index contributed by atoms with van der Waals surface area (Å²) >= 11 is 12.2. The molecule has 0 aliphatic heterocycles. The first-order chi connectivity index (χ1) is 12.0. The Balaban J connectivity index is 2.20. The highest BCUT2D eigenvalue weighted by Crippen LogP contribution is 2.36. The van der Waals surface area contributed by atoms with Crippen LogP contribution >= 0.6 is 23.2 Å². The Hall–Kier alpha value is -2.11. The number of carbonyl (C=O) groups is 1. The molecule has 0 bridgehead atoms. The lowest BCUT2D eigenvalue weighted by molar-refractivity contribution is -0.122. The largest absolute Gasteiger partial charge is 0.495 e. The van der Waals surface area contributed by atoms with Crippen LogP contribution in [0, 0.1) is 0 Å². The zero-order chi connectivity index (χ0) is 18.4. The van der Waals surface area contributed by atoms with Crippen molar-refractivity contribution in [3.8, 4) is 17.2 Å². The Morgan fingerprint density at radius 2 is 1.72 bits per heavy atom. The molecule has 0 saturated carbocycles. The average Bonchev–Trinajstić information content (AvgIpc) is 2.61. The van der Waals surface area contributed by atoms with E-state index in [-0.39, 0.29) is 5.91 Å². The van der Waals surface area contributed by atoms with Crippen molar-refractivity contribution in [1.82, 2.24) is 0 Å². The maximum Gasteiger partial charge on any atom is 0.265 e. The van der Waals surface area contributed by atoms with Gasteiger partial charge in [0.25, 0.3) is 5.91 Å². The number of amides is 1. The molecule has 25 heavy (non-hydrogen) atoms. The van der Waals surface area contributed by atoms with Crippen molar-refractivity contribution in [2.45, 2.75) is 19.4 Å². The minimum Gasteiger partial charge on any atom is -0.495 e. The van der Waals surface area contributed by atoms with Crippen LogP contribution in [0.1, 0.15) is 13.3 Å². The fraction of sp³-hybridized carbons (Fsp3) is 0.278. The highest BCUT2D eigenvalue weighted by molar-refractivity contribution is 6.32. The molecule has 5 nitrogen and oxygen atoms in total. The Bertz CT molecular complexity index is 752. The summed E-state index contributed by atoms with van der Waals surface area (Å²) in [6.07, 6.45) is -0.254. The summed E-state index contributed by atoms with van der Waals surface area (Å²) in [5.41, 5.74) is 0.440. The average molecular weight is 384 g/mol. The van der Waals surface area contributed by atoms with Gasteiger partial charge in [-0.15, -0.1) is 0 Å². The second-order valence-electron chi connectivity index (χ2n) is 5.12. The van der Waals surface area contributed by atoms with Crippen LogP contribution in [0.4, 0.5) is 5.69 Å². The van der Waals surface area contributed by atoms with Gasteiger partial charge in [-0.05, 0) is 18.6 Å². The van der Waals surface area contributed by atoms with Gasteiger partial charge in [-0.2, -0.15) is 0 Å². The third kappa shape index (κ3) is 4.71. The molecule has 1 N–H and O–H groups in total. The summed E-state index contributed by atoms with van der Waals surface area (Å²) in [6.45, 7) is 1.85. The molecule has 0 fully saturated rings. The van der Waals surface area contributed by atoms with Gasteiger partial charge >= 0.3 is 0 Å². The lowest BCUT2D eigenvalue weighted by Crippen LogP contribution is -2.32. The van der Waals surface area contributed by atoms with Gasteiger partial charge in [0.05, 0.1) is 30.0 Å². The number of ether oxygens (including phenoxy) is 3. The highest BCUT2D eigenvalue weighted by Gasteiger charge is 2.21. The van der Waals surface area contributed by atoms with E-state index in [9.17, 15) is 4.79 Å². The lowest BCUT2D eigenvalue weighted by Gasteiger charge is -2.19. The zero-order valence-electron chi connectivity index (χ0n) is 14.1. The maximum atomic E-state index is 12.6. The third-order valence-corrected chi connectivity index (χ3v) is 4.11. The van der Waals surface area contributed by atoms with Crippen LogP contribution in [0.15, 0.2) is 36.4 Å². The van der Waals surface area contributed by atoms with E-state index < -0.39 is 6.10 Å². The van der Waals surface area contributed by atoms with Gasteiger partial charge in [0, 0.05) is 12.1 Å². The van der Waals surface area contributed by atoms with Crippen molar-refractivity contribution in [3.05, 3.63) is 46.4 Å². The second-order valence-corrected chi connectivity index (χ2v) is 5.94. The molecule has 0 aliphatic carbocycles. The SMILES string of the molecule is CC[C@H](Oc1ccccc1Cl)C(=O)Nc1cc(OC)c(Cl)cc1OC. The van der Waals surface area contributed by atoms with E-state index in [2.05, 4.69) is 5.32 Å². The minimum atomic E-state index is -0.716. The van der Waals surface area contributed by atoms with E-state index in [1.54, 1.807) is 36.4 Å². The molecule has 1 atom stereocenters. The van der Waals surface area contributed by atoms with E-state index in [1.807, 2.05) is 6.92 Å². The quantitative estimate of drug-likeness (QED) is 0.745. The predicted octanol–water partition coefficient (Wildman–Crippen LogP) is 4.81. The molecule has 2 rings (SSSR count). The van der Waals surface area contributed by atoms with Gasteiger partial charge in [0.2, 0.25) is 0 Å². The van der Waals surface area contributed by atoms with Gasteiger partial charge in [-0.25, -0.2) is 0 Å². The van der Waals surface area contributed by atoms with Crippen LogP contribution in [0.2, 0.25) is 10.0 Å². The topological polar surface area (TPSA) is 56.8 Å². The molecule has 7 heteroatoms. The number of hydrogen-bond acceptors (Lipinski definition) is 4. The molecule has 1 amide bonds. The normalized spacial score (nSPS) is 11.6. The molecule has 2 aromatic rings. The molecular formula is C18H19Cl2NO4. The molecule has 0 heterocycles. The monoisotopic (exact) mass is 383 g/mol. The van der Waals surface area contributed by atoms with Crippen molar-refractivity contribution in [3.63, 3.8) is 0 Å². The summed E-state index contributed by atoms with van der Waals surface area (Å²) in [5.74, 6) is 0.974. The molecule has 0 unspecified atom stereocenters. The molecule has 0 aliphatic rings. The number of anilines is 1. The maximum absolute atomic E-state index is 12.6. The van der Waals surface area contributed by atoms with E-state index in [1.165, 1.54) is 14.2 Å². The number of carbonyl (C=O) groups excluding carboxylic acids is 1. The summed E-state index contributed by atoms with van der Waals surface area (Å²) < 4.78 is 16.2. The fourth-order valence-electron chi connectivity index (χ4n) is 2.19. The molecule has 134 valence electrons. The molecule has 2 aromatic carbocycles. The first-order valence-electron chi connectivity index (χ1n) is 7.63. The Morgan fingerprint density at radius 3 is 2.32 bits per heavy atom. The van der Waals surface area contributed by atoms with Crippen LogP contribution in [0.25, 0.3) is 0 Å². The summed E-state index contributed by atoms with van der Waals surface area (Å²) in [5, 5.41) is 3.61. The van der Waals surface area contributed by atoms with E-state index in [0.717, 1.165) is 0 Å². The second kappa shape index (κ2) is 8.83. The fourth-order valence-corrected chi connectivity index (χ4v) is 2.60. The predicted molar refractivity (Wildman–Crippen MR) is 99.3 cm³/mol. The van der Waals surface area contributed by atoms with Crippen molar-refractivity contribution in [2.75, 3.05) is 19.5 Å². The Kier molecular flexibility index (Phi) is 6.79. The van der Waals surface area contributed by atoms with Gasteiger partial charge in [-0.3, -0.25) is 4.79 Å². The number of halogens is 2. The number of methoxy groups -OCH3 is 2. The van der Waals surface area contributed by atoms with Crippen LogP contribution in [-0.2, 0) is 4.79 Å². The molecule has 0 spiro atoms. The first-order valence-corrected chi connectivity index (χ1v) is 8.39. The van der Waals surface area contributed by atoms with Crippen LogP contribution in [-0.4, -0.2) is 26.2 Å². The number of hydrogen-bond donors (Lipinski definition) is 1. The number of para-hydroxylation sites is 1. The molecular weight excluding hydrogens is 365 g/mol. The lowest BCUT2D eigenvalue weighted by atomic mass is 10.2. The van der Waals surface area contributed by atoms with Crippen LogP contribution in [0.3, 0.4) is 0 Å². The van der Waals surface area contributed by atoms with Crippen molar-refractivity contribution < 1.29 is 19.0 Å². The van der Waals surface area contributed by atoms with Gasteiger partial charge in [0.1, 0.15) is 17.2 Å². The summed E-state index contributed by atoms with van der Waals surface area (Å²) in [4.78, 5) is 12.6. The Labute approximate surface area is 156 Å². The first kappa shape index (κ1) is 19.2. The molecule has 0 radical (unpaired) electrons. The van der Waals surface area contributed by atoms with E-state index in [4.69, 9.17) is 37.4 Å². The van der Waals surface area contributed by atoms with Crippen LogP contribution in [0.5, 0.6) is 17.2 Å². The highest BCUT2D eigenvalue weighted by atomic mass is 35.5.